The van der Waals surface area contributed by atoms with Crippen LogP contribution in [0.2, 0.25) is 0 Å². The average Bonchev–Trinajstić information content (AvgIpc) is 2.53. The first-order valence-corrected chi connectivity index (χ1v) is 6.09. The lowest BCUT2D eigenvalue weighted by Gasteiger charge is -2.09. The standard InChI is InChI=1S/C12H21N3/c1-13-9-11-8-12(15-14-11)10-6-4-2-3-5-7-10/h8,10,13H,2-7,9H2,1H3,(H,14,15). The highest BCUT2D eigenvalue weighted by Crippen LogP contribution is 2.30. The van der Waals surface area contributed by atoms with E-state index in [-0.39, 0.29) is 0 Å². The fourth-order valence-corrected chi connectivity index (χ4v) is 2.44. The summed E-state index contributed by atoms with van der Waals surface area (Å²) in [7, 11) is 1.96. The number of aromatic amines is 1. The van der Waals surface area contributed by atoms with Crippen molar-refractivity contribution in [1.82, 2.24) is 15.5 Å². The third-order valence-electron chi connectivity index (χ3n) is 3.29. The Morgan fingerprint density at radius 3 is 2.73 bits per heavy atom. The predicted molar refractivity (Wildman–Crippen MR) is 61.8 cm³/mol. The van der Waals surface area contributed by atoms with Crippen molar-refractivity contribution in [1.29, 1.82) is 0 Å². The van der Waals surface area contributed by atoms with E-state index in [4.69, 9.17) is 0 Å². The molecule has 0 saturated heterocycles. The first kappa shape index (κ1) is 10.7. The number of nitrogens with one attached hydrogen (secondary N) is 2. The highest BCUT2D eigenvalue weighted by atomic mass is 15.1. The molecule has 1 saturated carbocycles. The number of rotatable bonds is 3. The van der Waals surface area contributed by atoms with Gasteiger partial charge < -0.3 is 5.32 Å². The van der Waals surface area contributed by atoms with Crippen LogP contribution in [-0.2, 0) is 6.54 Å². The van der Waals surface area contributed by atoms with Gasteiger partial charge in [0.15, 0.2) is 0 Å². The molecule has 0 unspecified atom stereocenters. The van der Waals surface area contributed by atoms with Crippen LogP contribution in [0.3, 0.4) is 0 Å². The second-order valence-electron chi connectivity index (χ2n) is 4.54. The van der Waals surface area contributed by atoms with E-state index in [1.807, 2.05) is 7.05 Å². The third kappa shape index (κ3) is 2.81. The molecule has 1 heterocycles. The fraction of sp³-hybridized carbons (Fsp3) is 0.750. The van der Waals surface area contributed by atoms with Crippen LogP contribution in [0.25, 0.3) is 0 Å². The molecule has 3 nitrogen and oxygen atoms in total. The topological polar surface area (TPSA) is 40.7 Å². The molecule has 0 amide bonds. The van der Waals surface area contributed by atoms with Crippen LogP contribution >= 0.6 is 0 Å². The van der Waals surface area contributed by atoms with E-state index in [0.29, 0.717) is 5.92 Å². The van der Waals surface area contributed by atoms with Crippen molar-refractivity contribution in [3.63, 3.8) is 0 Å². The lowest BCUT2D eigenvalue weighted by molar-refractivity contribution is 0.576. The third-order valence-corrected chi connectivity index (χ3v) is 3.29. The predicted octanol–water partition coefficient (Wildman–Crippen LogP) is 2.57. The molecule has 1 aliphatic rings. The number of hydrogen-bond donors (Lipinski definition) is 2. The molecule has 2 rings (SSSR count). The van der Waals surface area contributed by atoms with Crippen molar-refractivity contribution in [3.8, 4) is 0 Å². The van der Waals surface area contributed by atoms with Gasteiger partial charge in [-0.1, -0.05) is 25.7 Å². The summed E-state index contributed by atoms with van der Waals surface area (Å²) in [5.41, 5.74) is 2.49. The van der Waals surface area contributed by atoms with E-state index in [0.717, 1.165) is 6.54 Å². The van der Waals surface area contributed by atoms with Gasteiger partial charge in [0, 0.05) is 18.2 Å². The van der Waals surface area contributed by atoms with Gasteiger partial charge in [-0.3, -0.25) is 5.10 Å². The summed E-state index contributed by atoms with van der Waals surface area (Å²) in [5.74, 6) is 0.703. The minimum absolute atomic E-state index is 0.703. The molecule has 0 aliphatic heterocycles. The second kappa shape index (κ2) is 5.31. The van der Waals surface area contributed by atoms with Crippen molar-refractivity contribution in [2.24, 2.45) is 0 Å². The van der Waals surface area contributed by atoms with E-state index >= 15 is 0 Å². The monoisotopic (exact) mass is 207 g/mol. The molecule has 2 N–H and O–H groups in total. The van der Waals surface area contributed by atoms with Gasteiger partial charge in [0.1, 0.15) is 0 Å². The Balaban J connectivity index is 2.00. The molecule has 3 heteroatoms. The molecule has 0 spiro atoms. The van der Waals surface area contributed by atoms with Gasteiger partial charge in [0.05, 0.1) is 5.69 Å². The molecule has 15 heavy (non-hydrogen) atoms. The summed E-state index contributed by atoms with van der Waals surface area (Å²) < 4.78 is 0. The molecule has 0 atom stereocenters. The van der Waals surface area contributed by atoms with Gasteiger partial charge in [-0.15, -0.1) is 0 Å². The van der Waals surface area contributed by atoms with Gasteiger partial charge in [-0.2, -0.15) is 5.10 Å². The molecular formula is C12H21N3. The SMILES string of the molecule is CNCc1cc(C2CCCCCC2)n[nH]1. The zero-order chi connectivity index (χ0) is 10.5. The van der Waals surface area contributed by atoms with Crippen molar-refractivity contribution in [2.45, 2.75) is 51.0 Å². The van der Waals surface area contributed by atoms with E-state index in [1.165, 1.54) is 49.9 Å². The zero-order valence-corrected chi connectivity index (χ0v) is 9.55. The average molecular weight is 207 g/mol. The van der Waals surface area contributed by atoms with Crippen molar-refractivity contribution >= 4 is 0 Å². The van der Waals surface area contributed by atoms with Gasteiger partial charge in [0.25, 0.3) is 0 Å². The summed E-state index contributed by atoms with van der Waals surface area (Å²) in [6.07, 6.45) is 8.21. The summed E-state index contributed by atoms with van der Waals surface area (Å²) in [4.78, 5) is 0. The lowest BCUT2D eigenvalue weighted by Crippen LogP contribution is -2.04. The Morgan fingerprint density at radius 2 is 2.07 bits per heavy atom. The van der Waals surface area contributed by atoms with Crippen LogP contribution in [0, 0.1) is 0 Å². The number of aromatic nitrogens is 2. The van der Waals surface area contributed by atoms with Crippen molar-refractivity contribution in [3.05, 3.63) is 17.5 Å². The number of H-pyrrole nitrogens is 1. The molecule has 0 radical (unpaired) electrons. The lowest BCUT2D eigenvalue weighted by atomic mass is 9.96. The van der Waals surface area contributed by atoms with E-state index in [1.54, 1.807) is 0 Å². The van der Waals surface area contributed by atoms with Crippen LogP contribution in [-0.4, -0.2) is 17.2 Å². The number of hydrogen-bond acceptors (Lipinski definition) is 2. The molecule has 1 fully saturated rings. The maximum atomic E-state index is 4.44. The molecule has 0 bridgehead atoms. The molecule has 1 aromatic rings. The first-order chi connectivity index (χ1) is 7.40. The van der Waals surface area contributed by atoms with Crippen LogP contribution in [0.15, 0.2) is 6.07 Å². The normalized spacial score (nSPS) is 19.0. The van der Waals surface area contributed by atoms with Crippen molar-refractivity contribution in [2.75, 3.05) is 7.05 Å². The van der Waals surface area contributed by atoms with Crippen molar-refractivity contribution < 1.29 is 0 Å². The highest BCUT2D eigenvalue weighted by Gasteiger charge is 2.16. The minimum Gasteiger partial charge on any atom is -0.314 e. The Labute approximate surface area is 91.7 Å². The quantitative estimate of drug-likeness (QED) is 0.748. The Hall–Kier alpha value is -0.830. The first-order valence-electron chi connectivity index (χ1n) is 6.09. The largest absolute Gasteiger partial charge is 0.314 e. The van der Waals surface area contributed by atoms with Crippen LogP contribution in [0.4, 0.5) is 0 Å². The Bertz CT molecular complexity index is 285. The molecule has 84 valence electrons. The smallest absolute Gasteiger partial charge is 0.0656 e. The van der Waals surface area contributed by atoms with E-state index in [9.17, 15) is 0 Å². The zero-order valence-electron chi connectivity index (χ0n) is 9.55. The molecular weight excluding hydrogens is 186 g/mol. The maximum absolute atomic E-state index is 4.44. The summed E-state index contributed by atoms with van der Waals surface area (Å²) in [5, 5.41) is 10.7. The van der Waals surface area contributed by atoms with E-state index < -0.39 is 0 Å². The van der Waals surface area contributed by atoms with Gasteiger partial charge >= 0.3 is 0 Å². The molecule has 0 aromatic carbocycles. The fourth-order valence-electron chi connectivity index (χ4n) is 2.44. The summed E-state index contributed by atoms with van der Waals surface area (Å²) >= 11 is 0. The molecule has 1 aromatic heterocycles. The maximum Gasteiger partial charge on any atom is 0.0656 e. The second-order valence-corrected chi connectivity index (χ2v) is 4.54. The minimum atomic E-state index is 0.703. The summed E-state index contributed by atoms with van der Waals surface area (Å²) in [6, 6.07) is 2.23. The summed E-state index contributed by atoms with van der Waals surface area (Å²) in [6.45, 7) is 0.889. The van der Waals surface area contributed by atoms with Gasteiger partial charge in [-0.25, -0.2) is 0 Å². The van der Waals surface area contributed by atoms with Gasteiger partial charge in [-0.05, 0) is 26.0 Å². The Morgan fingerprint density at radius 1 is 1.33 bits per heavy atom. The molecule has 1 aliphatic carbocycles. The van der Waals surface area contributed by atoms with Crippen LogP contribution < -0.4 is 5.32 Å². The van der Waals surface area contributed by atoms with Gasteiger partial charge in [0.2, 0.25) is 0 Å². The van der Waals surface area contributed by atoms with Crippen LogP contribution in [0.1, 0.15) is 55.8 Å². The van der Waals surface area contributed by atoms with Crippen LogP contribution in [0.5, 0.6) is 0 Å². The van der Waals surface area contributed by atoms with E-state index in [2.05, 4.69) is 21.6 Å². The highest BCUT2D eigenvalue weighted by molar-refractivity contribution is 5.13. The number of nitrogens with zero attached hydrogens (tertiary/aromatic N) is 1. The Kier molecular flexibility index (Phi) is 3.78.